The van der Waals surface area contributed by atoms with Crippen molar-refractivity contribution >= 4 is 21.6 Å². The topological polar surface area (TPSA) is 87.3 Å². The summed E-state index contributed by atoms with van der Waals surface area (Å²) in [5, 5.41) is 6.17. The summed E-state index contributed by atoms with van der Waals surface area (Å²) in [5.74, 6) is 0.640. The van der Waals surface area contributed by atoms with Crippen LogP contribution < -0.4 is 15.4 Å². The molecule has 1 aromatic carbocycles. The molecule has 1 heterocycles. The zero-order valence-corrected chi connectivity index (χ0v) is 13.6. The third kappa shape index (κ3) is 6.03. The highest BCUT2D eigenvalue weighted by atomic mass is 32.2. The summed E-state index contributed by atoms with van der Waals surface area (Å²) >= 11 is 0. The lowest BCUT2D eigenvalue weighted by Gasteiger charge is -2.10. The first-order chi connectivity index (χ1) is 10.4. The zero-order chi connectivity index (χ0) is 16.0. The first kappa shape index (κ1) is 16.8. The number of amides is 1. The van der Waals surface area contributed by atoms with E-state index in [4.69, 9.17) is 0 Å². The van der Waals surface area contributed by atoms with Crippen LogP contribution in [0.2, 0.25) is 0 Å². The molecule has 1 unspecified atom stereocenters. The Balaban J connectivity index is 1.78. The van der Waals surface area contributed by atoms with E-state index in [1.165, 1.54) is 0 Å². The van der Waals surface area contributed by atoms with Crippen molar-refractivity contribution in [2.75, 3.05) is 24.1 Å². The molecule has 1 saturated heterocycles. The fraction of sp³-hybridized carbons (Fsp3) is 0.533. The van der Waals surface area contributed by atoms with Crippen molar-refractivity contribution in [3.05, 3.63) is 29.8 Å². The van der Waals surface area contributed by atoms with Crippen LogP contribution in [-0.4, -0.2) is 33.7 Å². The third-order valence-electron chi connectivity index (χ3n) is 3.66. The molecule has 1 atom stereocenters. The standard InChI is InChI=1S/C15H23N3O3S/c1-22(20,21)18-14-4-2-3-13(9-14)11-17-15(19)6-5-12-7-8-16-10-12/h2-4,9,12,16,18H,5-8,10-11H2,1H3,(H,17,19). The second-order valence-corrected chi connectivity index (χ2v) is 7.50. The van der Waals surface area contributed by atoms with Crippen LogP contribution in [0, 0.1) is 5.92 Å². The molecule has 1 fully saturated rings. The first-order valence-corrected chi connectivity index (χ1v) is 9.36. The van der Waals surface area contributed by atoms with E-state index in [-0.39, 0.29) is 5.91 Å². The average Bonchev–Trinajstić information content (AvgIpc) is 2.95. The minimum absolute atomic E-state index is 0.0355. The lowest BCUT2D eigenvalue weighted by molar-refractivity contribution is -0.121. The molecule has 122 valence electrons. The van der Waals surface area contributed by atoms with Gasteiger partial charge in [-0.3, -0.25) is 9.52 Å². The third-order valence-corrected chi connectivity index (χ3v) is 4.27. The van der Waals surface area contributed by atoms with Gasteiger partial charge in [0.05, 0.1) is 6.26 Å². The molecule has 1 aliphatic rings. The number of sulfonamides is 1. The van der Waals surface area contributed by atoms with E-state index in [0.29, 0.717) is 24.6 Å². The van der Waals surface area contributed by atoms with E-state index in [2.05, 4.69) is 15.4 Å². The van der Waals surface area contributed by atoms with Crippen LogP contribution in [-0.2, 0) is 21.4 Å². The molecule has 1 aliphatic heterocycles. The lowest BCUT2D eigenvalue weighted by Crippen LogP contribution is -2.23. The van der Waals surface area contributed by atoms with Gasteiger partial charge in [0.25, 0.3) is 0 Å². The number of nitrogens with one attached hydrogen (secondary N) is 3. The van der Waals surface area contributed by atoms with Crippen molar-refractivity contribution in [2.45, 2.75) is 25.8 Å². The summed E-state index contributed by atoms with van der Waals surface area (Å²) in [7, 11) is -3.29. The Morgan fingerprint density at radius 2 is 2.23 bits per heavy atom. The van der Waals surface area contributed by atoms with Crippen LogP contribution in [0.5, 0.6) is 0 Å². The average molecular weight is 325 g/mol. The van der Waals surface area contributed by atoms with Gasteiger partial charge in [-0.1, -0.05) is 12.1 Å². The van der Waals surface area contributed by atoms with E-state index in [0.717, 1.165) is 37.8 Å². The smallest absolute Gasteiger partial charge is 0.229 e. The normalized spacial score (nSPS) is 18.1. The second-order valence-electron chi connectivity index (χ2n) is 5.75. The van der Waals surface area contributed by atoms with Gasteiger partial charge >= 0.3 is 0 Å². The Bertz CT molecular complexity index is 610. The van der Waals surface area contributed by atoms with E-state index in [9.17, 15) is 13.2 Å². The predicted molar refractivity (Wildman–Crippen MR) is 87.0 cm³/mol. The van der Waals surface area contributed by atoms with Crippen molar-refractivity contribution in [3.8, 4) is 0 Å². The van der Waals surface area contributed by atoms with E-state index >= 15 is 0 Å². The molecule has 2 rings (SSSR count). The number of carbonyl (C=O) groups excluding carboxylic acids is 1. The molecule has 3 N–H and O–H groups in total. The second kappa shape index (κ2) is 7.60. The molecular weight excluding hydrogens is 302 g/mol. The van der Waals surface area contributed by atoms with E-state index in [1.807, 2.05) is 6.07 Å². The molecule has 7 heteroatoms. The van der Waals surface area contributed by atoms with Crippen molar-refractivity contribution in [1.29, 1.82) is 0 Å². The summed E-state index contributed by atoms with van der Waals surface area (Å²) in [5.41, 5.74) is 1.37. The van der Waals surface area contributed by atoms with Crippen LogP contribution in [0.1, 0.15) is 24.8 Å². The maximum Gasteiger partial charge on any atom is 0.229 e. The molecule has 1 amide bonds. The van der Waals surface area contributed by atoms with Crippen molar-refractivity contribution in [2.24, 2.45) is 5.92 Å². The van der Waals surface area contributed by atoms with Crippen LogP contribution in [0.3, 0.4) is 0 Å². The molecule has 1 aromatic rings. The summed E-state index contributed by atoms with van der Waals surface area (Å²) in [6.07, 6.45) is 3.70. The highest BCUT2D eigenvalue weighted by Gasteiger charge is 2.15. The van der Waals surface area contributed by atoms with Crippen LogP contribution >= 0.6 is 0 Å². The maximum absolute atomic E-state index is 11.8. The van der Waals surface area contributed by atoms with Crippen LogP contribution in [0.4, 0.5) is 5.69 Å². The van der Waals surface area contributed by atoms with Gasteiger partial charge < -0.3 is 10.6 Å². The molecule has 0 saturated carbocycles. The Morgan fingerprint density at radius 1 is 1.41 bits per heavy atom. The Morgan fingerprint density at radius 3 is 2.91 bits per heavy atom. The quantitative estimate of drug-likeness (QED) is 0.700. The monoisotopic (exact) mass is 325 g/mol. The highest BCUT2D eigenvalue weighted by molar-refractivity contribution is 7.92. The van der Waals surface area contributed by atoms with Crippen molar-refractivity contribution < 1.29 is 13.2 Å². The summed E-state index contributed by atoms with van der Waals surface area (Å²) in [4.78, 5) is 11.8. The minimum Gasteiger partial charge on any atom is -0.352 e. The minimum atomic E-state index is -3.29. The largest absolute Gasteiger partial charge is 0.352 e. The van der Waals surface area contributed by atoms with Crippen molar-refractivity contribution in [1.82, 2.24) is 10.6 Å². The SMILES string of the molecule is CS(=O)(=O)Nc1cccc(CNC(=O)CCC2CCNC2)c1. The van der Waals surface area contributed by atoms with Gasteiger partial charge in [0.15, 0.2) is 0 Å². The van der Waals surface area contributed by atoms with Gasteiger partial charge in [-0.2, -0.15) is 0 Å². The van der Waals surface area contributed by atoms with Gasteiger partial charge in [0, 0.05) is 18.7 Å². The predicted octanol–water partition coefficient (Wildman–Crippen LogP) is 1.06. The maximum atomic E-state index is 11.8. The number of anilines is 1. The molecule has 0 radical (unpaired) electrons. The van der Waals surface area contributed by atoms with Gasteiger partial charge in [0.2, 0.25) is 15.9 Å². The molecule has 0 aliphatic carbocycles. The molecular formula is C15H23N3O3S. The zero-order valence-electron chi connectivity index (χ0n) is 12.8. The van der Waals surface area contributed by atoms with Crippen LogP contribution in [0.15, 0.2) is 24.3 Å². The van der Waals surface area contributed by atoms with Crippen LogP contribution in [0.25, 0.3) is 0 Å². The molecule has 22 heavy (non-hydrogen) atoms. The van der Waals surface area contributed by atoms with Gasteiger partial charge in [-0.25, -0.2) is 8.42 Å². The van der Waals surface area contributed by atoms with E-state index in [1.54, 1.807) is 18.2 Å². The number of rotatable bonds is 7. The molecule has 0 bridgehead atoms. The summed E-state index contributed by atoms with van der Waals surface area (Å²) in [6, 6.07) is 7.02. The number of hydrogen-bond donors (Lipinski definition) is 3. The highest BCUT2D eigenvalue weighted by Crippen LogP contribution is 2.14. The van der Waals surface area contributed by atoms with E-state index < -0.39 is 10.0 Å². The van der Waals surface area contributed by atoms with Gasteiger partial charge in [0.1, 0.15) is 0 Å². The lowest BCUT2D eigenvalue weighted by atomic mass is 10.0. The van der Waals surface area contributed by atoms with Gasteiger partial charge in [-0.15, -0.1) is 0 Å². The molecule has 6 nitrogen and oxygen atoms in total. The fourth-order valence-electron chi connectivity index (χ4n) is 2.54. The first-order valence-electron chi connectivity index (χ1n) is 7.46. The summed E-state index contributed by atoms with van der Waals surface area (Å²) in [6.45, 7) is 2.46. The fourth-order valence-corrected chi connectivity index (χ4v) is 3.10. The Labute approximate surface area is 131 Å². The van der Waals surface area contributed by atoms with Gasteiger partial charge in [-0.05, 0) is 49.5 Å². The Hall–Kier alpha value is -1.60. The number of carbonyl (C=O) groups is 1. The molecule has 0 spiro atoms. The number of benzene rings is 1. The van der Waals surface area contributed by atoms with Crippen molar-refractivity contribution in [3.63, 3.8) is 0 Å². The number of hydrogen-bond acceptors (Lipinski definition) is 4. The summed E-state index contributed by atoms with van der Waals surface area (Å²) < 4.78 is 24.8. The Kier molecular flexibility index (Phi) is 5.79. The molecule has 0 aromatic heterocycles.